The first-order valence-corrected chi connectivity index (χ1v) is 6.82. The van der Waals surface area contributed by atoms with Crippen LogP contribution in [0.5, 0.6) is 5.75 Å². The average Bonchev–Trinajstić information content (AvgIpc) is 2.96. The molecular weight excluding hydrogens is 272 g/mol. The molecule has 1 aromatic heterocycles. The lowest BCUT2D eigenvalue weighted by Crippen LogP contribution is -2.25. The number of hydrogen-bond acceptors (Lipinski definition) is 6. The van der Waals surface area contributed by atoms with Crippen molar-refractivity contribution in [2.75, 3.05) is 20.3 Å². The molecule has 6 nitrogen and oxygen atoms in total. The summed E-state index contributed by atoms with van der Waals surface area (Å²) < 4.78 is 15.7. The number of nitrogens with zero attached hydrogens (tertiary/aromatic N) is 2. The number of benzene rings is 1. The maximum Gasteiger partial charge on any atom is 0.239 e. The van der Waals surface area contributed by atoms with E-state index in [9.17, 15) is 4.79 Å². The lowest BCUT2D eigenvalue weighted by molar-refractivity contribution is -0.127. The van der Waals surface area contributed by atoms with Gasteiger partial charge in [0.05, 0.1) is 20.3 Å². The van der Waals surface area contributed by atoms with E-state index < -0.39 is 5.92 Å². The number of Topliss-reactive ketones (excluding diaryl/α,β-unsaturated/α-hetero) is 1. The molecule has 0 saturated carbocycles. The van der Waals surface area contributed by atoms with Crippen LogP contribution in [-0.2, 0) is 16.0 Å². The van der Waals surface area contributed by atoms with Gasteiger partial charge in [-0.1, -0.05) is 17.3 Å². The normalized spacial score (nSPS) is 18.7. The van der Waals surface area contributed by atoms with Crippen LogP contribution in [0.2, 0.25) is 0 Å². The minimum absolute atomic E-state index is 0.0952. The molecule has 1 aromatic carbocycles. The summed E-state index contributed by atoms with van der Waals surface area (Å²) >= 11 is 0. The van der Waals surface area contributed by atoms with E-state index in [0.29, 0.717) is 37.8 Å². The van der Waals surface area contributed by atoms with Gasteiger partial charge in [-0.25, -0.2) is 0 Å². The van der Waals surface area contributed by atoms with Gasteiger partial charge in [0.15, 0.2) is 5.82 Å². The molecule has 0 N–H and O–H groups in total. The first-order valence-electron chi connectivity index (χ1n) is 6.82. The van der Waals surface area contributed by atoms with Gasteiger partial charge >= 0.3 is 0 Å². The Morgan fingerprint density at radius 1 is 1.43 bits per heavy atom. The van der Waals surface area contributed by atoms with E-state index in [0.717, 1.165) is 11.3 Å². The van der Waals surface area contributed by atoms with Crippen LogP contribution in [0.15, 0.2) is 28.8 Å². The van der Waals surface area contributed by atoms with Crippen molar-refractivity contribution >= 4 is 5.78 Å². The molecule has 0 bridgehead atoms. The molecule has 1 saturated heterocycles. The predicted molar refractivity (Wildman–Crippen MR) is 73.3 cm³/mol. The van der Waals surface area contributed by atoms with E-state index in [2.05, 4.69) is 10.1 Å². The van der Waals surface area contributed by atoms with Gasteiger partial charge < -0.3 is 14.0 Å². The molecule has 1 aliphatic rings. The average molecular weight is 288 g/mol. The Morgan fingerprint density at radius 3 is 3.14 bits per heavy atom. The molecule has 1 unspecified atom stereocenters. The molecule has 6 heteroatoms. The van der Waals surface area contributed by atoms with Crippen molar-refractivity contribution in [3.63, 3.8) is 0 Å². The van der Waals surface area contributed by atoms with E-state index in [-0.39, 0.29) is 5.78 Å². The van der Waals surface area contributed by atoms with E-state index >= 15 is 0 Å². The molecule has 2 heterocycles. The summed E-state index contributed by atoms with van der Waals surface area (Å²) in [5.41, 5.74) is 1.02. The molecule has 0 amide bonds. The molecule has 0 spiro atoms. The Labute approximate surface area is 122 Å². The minimum atomic E-state index is -0.426. The highest BCUT2D eigenvalue weighted by molar-refractivity contribution is 5.85. The maximum atomic E-state index is 11.8. The van der Waals surface area contributed by atoms with Crippen LogP contribution < -0.4 is 4.74 Å². The monoisotopic (exact) mass is 288 g/mol. The highest BCUT2D eigenvalue weighted by atomic mass is 16.5. The van der Waals surface area contributed by atoms with Gasteiger partial charge in [-0.15, -0.1) is 0 Å². The molecule has 1 aliphatic heterocycles. The zero-order chi connectivity index (χ0) is 14.7. The Balaban J connectivity index is 1.74. The van der Waals surface area contributed by atoms with Gasteiger partial charge in [0.1, 0.15) is 17.5 Å². The standard InChI is InChI=1S/C15H16N2O4/c1-19-11-4-2-3-10(7-11)8-14-16-15(21-17-14)12-9-20-6-5-13(12)18/h2-4,7,12H,5-6,8-9H2,1H3. The Morgan fingerprint density at radius 2 is 2.33 bits per heavy atom. The zero-order valence-corrected chi connectivity index (χ0v) is 11.7. The number of rotatable bonds is 4. The molecule has 110 valence electrons. The first-order chi connectivity index (χ1) is 10.3. The summed E-state index contributed by atoms with van der Waals surface area (Å²) in [7, 11) is 1.63. The molecule has 1 atom stereocenters. The number of aromatic nitrogens is 2. The minimum Gasteiger partial charge on any atom is -0.497 e. The third-order valence-corrected chi connectivity index (χ3v) is 3.44. The fourth-order valence-electron chi connectivity index (χ4n) is 2.30. The van der Waals surface area contributed by atoms with Gasteiger partial charge in [-0.05, 0) is 17.7 Å². The van der Waals surface area contributed by atoms with Crippen molar-refractivity contribution in [2.24, 2.45) is 0 Å². The summed E-state index contributed by atoms with van der Waals surface area (Å²) in [5.74, 6) is 1.35. The molecule has 3 rings (SSSR count). The van der Waals surface area contributed by atoms with Crippen molar-refractivity contribution in [2.45, 2.75) is 18.8 Å². The summed E-state index contributed by atoms with van der Waals surface area (Å²) in [6.07, 6.45) is 0.931. The highest BCUT2D eigenvalue weighted by Crippen LogP contribution is 2.22. The number of carbonyl (C=O) groups is 1. The van der Waals surface area contributed by atoms with Gasteiger partial charge in [-0.2, -0.15) is 4.98 Å². The SMILES string of the molecule is COc1cccc(Cc2noc(C3COCCC3=O)n2)c1. The Kier molecular flexibility index (Phi) is 3.96. The lowest BCUT2D eigenvalue weighted by atomic mass is 10.0. The van der Waals surface area contributed by atoms with Crippen LogP contribution in [0.4, 0.5) is 0 Å². The van der Waals surface area contributed by atoms with Crippen LogP contribution >= 0.6 is 0 Å². The second-order valence-electron chi connectivity index (χ2n) is 4.92. The summed E-state index contributed by atoms with van der Waals surface area (Å²) in [6.45, 7) is 0.791. The highest BCUT2D eigenvalue weighted by Gasteiger charge is 2.29. The summed E-state index contributed by atoms with van der Waals surface area (Å²) in [5, 5.41) is 3.94. The van der Waals surface area contributed by atoms with Crippen LogP contribution in [-0.4, -0.2) is 36.2 Å². The molecule has 1 fully saturated rings. The summed E-state index contributed by atoms with van der Waals surface area (Å²) in [4.78, 5) is 16.1. The molecule has 0 radical (unpaired) electrons. The Bertz CT molecular complexity index is 638. The zero-order valence-electron chi connectivity index (χ0n) is 11.7. The fourth-order valence-corrected chi connectivity index (χ4v) is 2.30. The predicted octanol–water partition coefficient (Wildman–Crippen LogP) is 1.74. The van der Waals surface area contributed by atoms with Gasteiger partial charge in [0.25, 0.3) is 0 Å². The molecular formula is C15H16N2O4. The topological polar surface area (TPSA) is 74.5 Å². The van der Waals surface area contributed by atoms with Crippen molar-refractivity contribution in [1.29, 1.82) is 0 Å². The molecule has 21 heavy (non-hydrogen) atoms. The number of methoxy groups -OCH3 is 1. The van der Waals surface area contributed by atoms with E-state index in [4.69, 9.17) is 14.0 Å². The number of ketones is 1. The molecule has 0 aliphatic carbocycles. The largest absolute Gasteiger partial charge is 0.497 e. The van der Waals surface area contributed by atoms with Gasteiger partial charge in [0.2, 0.25) is 5.89 Å². The number of carbonyl (C=O) groups excluding carboxylic acids is 1. The lowest BCUT2D eigenvalue weighted by Gasteiger charge is -2.17. The number of ether oxygens (including phenoxy) is 2. The first kappa shape index (κ1) is 13.8. The van der Waals surface area contributed by atoms with Crippen molar-refractivity contribution in [3.8, 4) is 5.75 Å². The third kappa shape index (κ3) is 3.11. The fraction of sp³-hybridized carbons (Fsp3) is 0.400. The van der Waals surface area contributed by atoms with E-state index in [1.807, 2.05) is 24.3 Å². The Hall–Kier alpha value is -2.21. The smallest absolute Gasteiger partial charge is 0.239 e. The third-order valence-electron chi connectivity index (χ3n) is 3.44. The van der Waals surface area contributed by atoms with E-state index in [1.165, 1.54) is 0 Å². The maximum absolute atomic E-state index is 11.8. The second kappa shape index (κ2) is 6.05. The van der Waals surface area contributed by atoms with Crippen LogP contribution in [0.3, 0.4) is 0 Å². The van der Waals surface area contributed by atoms with Crippen molar-refractivity contribution in [3.05, 3.63) is 41.5 Å². The van der Waals surface area contributed by atoms with Crippen molar-refractivity contribution in [1.82, 2.24) is 10.1 Å². The quantitative estimate of drug-likeness (QED) is 0.853. The second-order valence-corrected chi connectivity index (χ2v) is 4.92. The van der Waals surface area contributed by atoms with Gasteiger partial charge in [0, 0.05) is 12.8 Å². The van der Waals surface area contributed by atoms with Crippen LogP contribution in [0.25, 0.3) is 0 Å². The van der Waals surface area contributed by atoms with Crippen LogP contribution in [0, 0.1) is 0 Å². The van der Waals surface area contributed by atoms with Crippen molar-refractivity contribution < 1.29 is 18.8 Å². The number of hydrogen-bond donors (Lipinski definition) is 0. The molecule has 2 aromatic rings. The van der Waals surface area contributed by atoms with Gasteiger partial charge in [-0.3, -0.25) is 4.79 Å². The van der Waals surface area contributed by atoms with Crippen LogP contribution in [0.1, 0.15) is 29.6 Å². The summed E-state index contributed by atoms with van der Waals surface area (Å²) in [6, 6.07) is 7.68. The van der Waals surface area contributed by atoms with E-state index in [1.54, 1.807) is 7.11 Å².